The van der Waals surface area contributed by atoms with Crippen molar-refractivity contribution in [3.63, 3.8) is 0 Å². The lowest BCUT2D eigenvalue weighted by Crippen LogP contribution is -2.28. The zero-order valence-corrected chi connectivity index (χ0v) is 15.9. The number of methoxy groups -OCH3 is 1. The highest BCUT2D eigenvalue weighted by Crippen LogP contribution is 2.30. The third kappa shape index (κ3) is 3.55. The monoisotopic (exact) mass is 384 g/mol. The second-order valence-electron chi connectivity index (χ2n) is 6.70. The predicted octanol–water partition coefficient (Wildman–Crippen LogP) is 3.36. The van der Waals surface area contributed by atoms with Gasteiger partial charge in [0.15, 0.2) is 5.65 Å². The van der Waals surface area contributed by atoms with E-state index in [9.17, 15) is 4.79 Å². The molecule has 1 aliphatic rings. The van der Waals surface area contributed by atoms with Crippen molar-refractivity contribution in [1.29, 1.82) is 0 Å². The second kappa shape index (κ2) is 7.66. The van der Waals surface area contributed by atoms with Crippen LogP contribution in [-0.2, 0) is 11.3 Å². The lowest BCUT2D eigenvalue weighted by molar-refractivity contribution is 0.0790. The maximum absolute atomic E-state index is 12.8. The van der Waals surface area contributed by atoms with Crippen molar-refractivity contribution in [2.45, 2.75) is 18.9 Å². The number of likely N-dealkylation sites (tertiary alicyclic amines) is 1. The van der Waals surface area contributed by atoms with Gasteiger partial charge in [-0.2, -0.15) is 0 Å². The van der Waals surface area contributed by atoms with Gasteiger partial charge >= 0.3 is 0 Å². The molecule has 0 unspecified atom stereocenters. The van der Waals surface area contributed by atoms with Gasteiger partial charge < -0.3 is 14.2 Å². The summed E-state index contributed by atoms with van der Waals surface area (Å²) < 4.78 is 7.38. The van der Waals surface area contributed by atoms with Gasteiger partial charge in [0.1, 0.15) is 11.3 Å². The van der Waals surface area contributed by atoms with Crippen LogP contribution in [0.4, 0.5) is 0 Å². The molecule has 1 aromatic carbocycles. The summed E-state index contributed by atoms with van der Waals surface area (Å²) in [6, 6.07) is 10.9. The molecule has 6 nitrogen and oxygen atoms in total. The van der Waals surface area contributed by atoms with Crippen LogP contribution in [0.2, 0.25) is 5.02 Å². The normalized spacial score (nSPS) is 17.0. The number of hydrogen-bond acceptors (Lipinski definition) is 4. The smallest absolute Gasteiger partial charge is 0.253 e. The Balaban J connectivity index is 1.58. The first kappa shape index (κ1) is 17.9. The topological polar surface area (TPSA) is 60.2 Å². The number of ether oxygens (including phenoxy) is 1. The number of benzene rings is 1. The molecule has 3 aromatic rings. The number of hydrogen-bond donors (Lipinski definition) is 0. The van der Waals surface area contributed by atoms with Crippen LogP contribution in [0.25, 0.3) is 11.2 Å². The average molecular weight is 385 g/mol. The van der Waals surface area contributed by atoms with Crippen molar-refractivity contribution in [3.05, 3.63) is 59.0 Å². The SMILES string of the molecule is COCCn1c([C@@H]2CCN(C(=O)c3ccc(Cl)cc3)C2)nc2cccnc21. The van der Waals surface area contributed by atoms with E-state index in [1.54, 1.807) is 37.6 Å². The van der Waals surface area contributed by atoms with Crippen LogP contribution < -0.4 is 0 Å². The van der Waals surface area contributed by atoms with Gasteiger partial charge in [0.05, 0.1) is 6.61 Å². The van der Waals surface area contributed by atoms with Crippen LogP contribution in [0.5, 0.6) is 0 Å². The van der Waals surface area contributed by atoms with Crippen molar-refractivity contribution in [2.24, 2.45) is 0 Å². The third-order valence-electron chi connectivity index (χ3n) is 4.98. The summed E-state index contributed by atoms with van der Waals surface area (Å²) in [4.78, 5) is 24.0. The number of nitrogens with zero attached hydrogens (tertiary/aromatic N) is 4. The number of amides is 1. The van der Waals surface area contributed by atoms with Gasteiger partial charge in [-0.05, 0) is 42.8 Å². The number of carbonyl (C=O) groups excluding carboxylic acids is 1. The molecule has 2 aromatic heterocycles. The van der Waals surface area contributed by atoms with Crippen molar-refractivity contribution >= 4 is 28.7 Å². The Bertz CT molecular complexity index is 954. The quantitative estimate of drug-likeness (QED) is 0.676. The minimum atomic E-state index is 0.0341. The van der Waals surface area contributed by atoms with E-state index in [-0.39, 0.29) is 11.8 Å². The number of pyridine rings is 1. The Morgan fingerprint density at radius 3 is 2.89 bits per heavy atom. The lowest BCUT2D eigenvalue weighted by Gasteiger charge is -2.17. The van der Waals surface area contributed by atoms with Gasteiger partial charge in [0.25, 0.3) is 5.91 Å². The van der Waals surface area contributed by atoms with Gasteiger partial charge in [-0.25, -0.2) is 9.97 Å². The third-order valence-corrected chi connectivity index (χ3v) is 5.24. The second-order valence-corrected chi connectivity index (χ2v) is 7.14. The van der Waals surface area contributed by atoms with E-state index in [1.807, 2.05) is 17.0 Å². The van der Waals surface area contributed by atoms with Gasteiger partial charge in [-0.1, -0.05) is 11.6 Å². The summed E-state index contributed by atoms with van der Waals surface area (Å²) in [5, 5.41) is 0.630. The Kier molecular flexibility index (Phi) is 5.09. The lowest BCUT2D eigenvalue weighted by atomic mass is 10.1. The summed E-state index contributed by atoms with van der Waals surface area (Å²) in [6.07, 6.45) is 2.66. The number of carbonyl (C=O) groups is 1. The summed E-state index contributed by atoms with van der Waals surface area (Å²) in [5.74, 6) is 1.20. The summed E-state index contributed by atoms with van der Waals surface area (Å²) in [6.45, 7) is 2.65. The van der Waals surface area contributed by atoms with Crippen molar-refractivity contribution in [1.82, 2.24) is 19.4 Å². The molecule has 1 aliphatic heterocycles. The van der Waals surface area contributed by atoms with E-state index in [1.165, 1.54) is 0 Å². The maximum Gasteiger partial charge on any atom is 0.253 e. The van der Waals surface area contributed by atoms with Crippen LogP contribution in [0.15, 0.2) is 42.6 Å². The molecule has 1 saturated heterocycles. The van der Waals surface area contributed by atoms with Crippen LogP contribution in [0.1, 0.15) is 28.5 Å². The van der Waals surface area contributed by atoms with E-state index >= 15 is 0 Å². The van der Waals surface area contributed by atoms with Gasteiger partial charge in [0.2, 0.25) is 0 Å². The number of imidazole rings is 1. The molecule has 7 heteroatoms. The van der Waals surface area contributed by atoms with Gasteiger partial charge in [-0.15, -0.1) is 0 Å². The number of aromatic nitrogens is 3. The van der Waals surface area contributed by atoms with E-state index in [0.717, 1.165) is 23.4 Å². The molecule has 1 atom stereocenters. The molecule has 1 amide bonds. The maximum atomic E-state index is 12.8. The number of halogens is 1. The van der Waals surface area contributed by atoms with Gasteiger partial charge in [0, 0.05) is 49.4 Å². The van der Waals surface area contributed by atoms with Crippen molar-refractivity contribution in [2.75, 3.05) is 26.8 Å². The van der Waals surface area contributed by atoms with E-state index in [4.69, 9.17) is 21.3 Å². The van der Waals surface area contributed by atoms with Crippen molar-refractivity contribution in [3.8, 4) is 0 Å². The number of fused-ring (bicyclic) bond motifs is 1. The molecule has 0 saturated carbocycles. The predicted molar refractivity (Wildman–Crippen MR) is 104 cm³/mol. The fourth-order valence-electron chi connectivity index (χ4n) is 3.62. The zero-order valence-electron chi connectivity index (χ0n) is 15.1. The fourth-order valence-corrected chi connectivity index (χ4v) is 3.75. The minimum Gasteiger partial charge on any atom is -0.383 e. The minimum absolute atomic E-state index is 0.0341. The Labute approximate surface area is 162 Å². The van der Waals surface area contributed by atoms with E-state index < -0.39 is 0 Å². The fraction of sp³-hybridized carbons (Fsp3) is 0.350. The first-order valence-corrected chi connectivity index (χ1v) is 9.40. The highest BCUT2D eigenvalue weighted by atomic mass is 35.5. The Morgan fingerprint density at radius 1 is 1.30 bits per heavy atom. The highest BCUT2D eigenvalue weighted by Gasteiger charge is 2.31. The first-order chi connectivity index (χ1) is 13.2. The number of rotatable bonds is 5. The summed E-state index contributed by atoms with van der Waals surface area (Å²) >= 11 is 5.92. The molecule has 0 spiro atoms. The summed E-state index contributed by atoms with van der Waals surface area (Å²) in [7, 11) is 1.69. The molecule has 0 N–H and O–H groups in total. The van der Waals surface area contributed by atoms with E-state index in [2.05, 4.69) is 9.55 Å². The van der Waals surface area contributed by atoms with Crippen LogP contribution in [0.3, 0.4) is 0 Å². The molecular formula is C20H21ClN4O2. The van der Waals surface area contributed by atoms with Crippen molar-refractivity contribution < 1.29 is 9.53 Å². The molecule has 140 valence electrons. The standard InChI is InChI=1S/C20H21ClN4O2/c1-27-12-11-25-18(23-17-3-2-9-22-19(17)25)15-8-10-24(13-15)20(26)14-4-6-16(21)7-5-14/h2-7,9,15H,8,10-13H2,1H3/t15-/m1/s1. The highest BCUT2D eigenvalue weighted by molar-refractivity contribution is 6.30. The molecule has 0 aliphatic carbocycles. The molecule has 1 fully saturated rings. The molecule has 3 heterocycles. The first-order valence-electron chi connectivity index (χ1n) is 9.02. The molecule has 0 bridgehead atoms. The van der Waals surface area contributed by atoms with Crippen LogP contribution >= 0.6 is 11.6 Å². The molecule has 27 heavy (non-hydrogen) atoms. The molecule has 0 radical (unpaired) electrons. The Hall–Kier alpha value is -2.44. The average Bonchev–Trinajstić information content (AvgIpc) is 3.31. The Morgan fingerprint density at radius 2 is 2.11 bits per heavy atom. The largest absolute Gasteiger partial charge is 0.383 e. The molecule has 4 rings (SSSR count). The van der Waals surface area contributed by atoms with Crippen LogP contribution in [-0.4, -0.2) is 52.1 Å². The zero-order chi connectivity index (χ0) is 18.8. The molecular weight excluding hydrogens is 364 g/mol. The van der Waals surface area contributed by atoms with Gasteiger partial charge in [-0.3, -0.25) is 4.79 Å². The summed E-state index contributed by atoms with van der Waals surface area (Å²) in [5.41, 5.74) is 2.41. The van der Waals surface area contributed by atoms with E-state index in [0.29, 0.717) is 36.8 Å². The van der Waals surface area contributed by atoms with Crippen LogP contribution in [0, 0.1) is 0 Å².